The van der Waals surface area contributed by atoms with Crippen molar-refractivity contribution in [2.45, 2.75) is 6.54 Å². The van der Waals surface area contributed by atoms with Crippen molar-refractivity contribution in [2.75, 3.05) is 40.3 Å². The number of ether oxygens (including phenoxy) is 3. The van der Waals surface area contributed by atoms with Crippen molar-refractivity contribution < 1.29 is 19.0 Å². The van der Waals surface area contributed by atoms with Gasteiger partial charge in [-0.1, -0.05) is 0 Å². The van der Waals surface area contributed by atoms with Crippen LogP contribution in [0.4, 0.5) is 5.82 Å². The summed E-state index contributed by atoms with van der Waals surface area (Å²) in [4.78, 5) is 22.8. The molecule has 1 heterocycles. The highest BCUT2D eigenvalue weighted by Crippen LogP contribution is 2.38. The number of hydrogen-bond donors (Lipinski definition) is 1. The number of anilines is 1. The first-order valence-corrected chi connectivity index (χ1v) is 7.57. The van der Waals surface area contributed by atoms with Crippen molar-refractivity contribution >= 4 is 11.7 Å². The van der Waals surface area contributed by atoms with Crippen LogP contribution in [-0.2, 0) is 6.54 Å². The molecule has 0 bridgehead atoms. The molecule has 1 N–H and O–H groups in total. The normalized spacial score (nSPS) is 10.1. The van der Waals surface area contributed by atoms with Crippen molar-refractivity contribution in [1.82, 2.24) is 15.3 Å². The van der Waals surface area contributed by atoms with Crippen LogP contribution in [0.3, 0.4) is 0 Å². The summed E-state index contributed by atoms with van der Waals surface area (Å²) in [6.45, 7) is 0.206. The third-order valence-corrected chi connectivity index (χ3v) is 3.48. The Labute approximate surface area is 146 Å². The summed E-state index contributed by atoms with van der Waals surface area (Å²) in [5.74, 6) is 2.26. The summed E-state index contributed by atoms with van der Waals surface area (Å²) in [7, 11) is 8.29. The van der Waals surface area contributed by atoms with Crippen LogP contribution in [0.15, 0.2) is 24.4 Å². The third-order valence-electron chi connectivity index (χ3n) is 3.48. The number of hydrogen-bond acceptors (Lipinski definition) is 7. The van der Waals surface area contributed by atoms with Crippen molar-refractivity contribution in [3.63, 3.8) is 0 Å². The number of benzene rings is 1. The topological polar surface area (TPSA) is 85.8 Å². The molecule has 0 aliphatic heterocycles. The van der Waals surface area contributed by atoms with Gasteiger partial charge in [-0.25, -0.2) is 9.97 Å². The Morgan fingerprint density at radius 3 is 2.28 bits per heavy atom. The van der Waals surface area contributed by atoms with E-state index in [0.29, 0.717) is 28.6 Å². The molecule has 8 heteroatoms. The number of amides is 1. The first-order chi connectivity index (χ1) is 12.0. The molecule has 134 valence electrons. The number of carbonyl (C=O) groups excluding carboxylic acids is 1. The van der Waals surface area contributed by atoms with Gasteiger partial charge < -0.3 is 24.4 Å². The number of carbonyl (C=O) groups is 1. The standard InChI is InChI=1S/C17H22N4O4/c1-21(2)15-6-7-18-14(20-15)10-19-17(22)11-8-12(23-3)16(25-5)13(9-11)24-4/h6-9H,10H2,1-5H3,(H,19,22). The van der Waals surface area contributed by atoms with Crippen LogP contribution in [0.5, 0.6) is 17.2 Å². The van der Waals surface area contributed by atoms with Gasteiger partial charge in [-0.15, -0.1) is 0 Å². The fraction of sp³-hybridized carbons (Fsp3) is 0.353. The summed E-state index contributed by atoms with van der Waals surface area (Å²) in [5.41, 5.74) is 0.387. The number of rotatable bonds is 7. The predicted molar refractivity (Wildman–Crippen MR) is 93.6 cm³/mol. The largest absolute Gasteiger partial charge is 0.493 e. The Kier molecular flexibility index (Phi) is 5.99. The summed E-state index contributed by atoms with van der Waals surface area (Å²) >= 11 is 0. The summed E-state index contributed by atoms with van der Waals surface area (Å²) in [5, 5.41) is 2.79. The molecular weight excluding hydrogens is 324 g/mol. The van der Waals surface area contributed by atoms with E-state index < -0.39 is 0 Å². The number of nitrogens with zero attached hydrogens (tertiary/aromatic N) is 3. The van der Waals surface area contributed by atoms with E-state index in [2.05, 4.69) is 15.3 Å². The minimum absolute atomic E-state index is 0.206. The number of nitrogens with one attached hydrogen (secondary N) is 1. The van der Waals surface area contributed by atoms with E-state index >= 15 is 0 Å². The van der Waals surface area contributed by atoms with Gasteiger partial charge in [0, 0.05) is 25.9 Å². The van der Waals surface area contributed by atoms with Gasteiger partial charge in [0.25, 0.3) is 5.91 Å². The molecule has 1 aromatic heterocycles. The Bertz CT molecular complexity index is 724. The maximum atomic E-state index is 12.4. The van der Waals surface area contributed by atoms with Gasteiger partial charge in [0.1, 0.15) is 11.6 Å². The minimum atomic E-state index is -0.293. The average molecular weight is 346 g/mol. The zero-order valence-corrected chi connectivity index (χ0v) is 15.0. The smallest absolute Gasteiger partial charge is 0.251 e. The molecule has 8 nitrogen and oxygen atoms in total. The van der Waals surface area contributed by atoms with Crippen molar-refractivity contribution in [1.29, 1.82) is 0 Å². The van der Waals surface area contributed by atoms with Crippen molar-refractivity contribution in [3.8, 4) is 17.2 Å². The van der Waals surface area contributed by atoms with Crippen molar-refractivity contribution in [3.05, 3.63) is 35.8 Å². The molecule has 25 heavy (non-hydrogen) atoms. The van der Waals surface area contributed by atoms with Crippen LogP contribution >= 0.6 is 0 Å². The van der Waals surface area contributed by atoms with E-state index in [1.165, 1.54) is 21.3 Å². The third kappa shape index (κ3) is 4.28. The molecule has 2 rings (SSSR count). The lowest BCUT2D eigenvalue weighted by atomic mass is 10.1. The average Bonchev–Trinajstić information content (AvgIpc) is 2.64. The van der Waals surface area contributed by atoms with Crippen LogP contribution in [0.1, 0.15) is 16.2 Å². The van der Waals surface area contributed by atoms with Crippen LogP contribution in [0.25, 0.3) is 0 Å². The molecule has 2 aromatic rings. The first kappa shape index (κ1) is 18.3. The SMILES string of the molecule is COc1cc(C(=O)NCc2nccc(N(C)C)n2)cc(OC)c1OC. The highest BCUT2D eigenvalue weighted by Gasteiger charge is 2.17. The van der Waals surface area contributed by atoms with Gasteiger partial charge in [0.15, 0.2) is 11.5 Å². The molecule has 1 aromatic carbocycles. The molecule has 0 aliphatic carbocycles. The zero-order valence-electron chi connectivity index (χ0n) is 15.0. The summed E-state index contributed by atoms with van der Waals surface area (Å²) in [6, 6.07) is 4.98. The van der Waals surface area contributed by atoms with Crippen LogP contribution in [0, 0.1) is 0 Å². The van der Waals surface area contributed by atoms with Crippen LogP contribution in [-0.4, -0.2) is 51.3 Å². The fourth-order valence-electron chi connectivity index (χ4n) is 2.20. The highest BCUT2D eigenvalue weighted by molar-refractivity contribution is 5.95. The van der Waals surface area contributed by atoms with Gasteiger partial charge in [-0.05, 0) is 18.2 Å². The molecule has 1 amide bonds. The van der Waals surface area contributed by atoms with Crippen LogP contribution in [0.2, 0.25) is 0 Å². The minimum Gasteiger partial charge on any atom is -0.493 e. The predicted octanol–water partition coefficient (Wildman–Crippen LogP) is 1.50. The van der Waals surface area contributed by atoms with Crippen LogP contribution < -0.4 is 24.4 Å². The molecular formula is C17H22N4O4. The second kappa shape index (κ2) is 8.18. The lowest BCUT2D eigenvalue weighted by Crippen LogP contribution is -2.24. The first-order valence-electron chi connectivity index (χ1n) is 7.57. The molecule has 0 atom stereocenters. The molecule has 0 radical (unpaired) electrons. The van der Waals surface area contributed by atoms with Gasteiger partial charge >= 0.3 is 0 Å². The highest BCUT2D eigenvalue weighted by atomic mass is 16.5. The maximum absolute atomic E-state index is 12.4. The molecule has 0 saturated carbocycles. The van der Waals surface area contributed by atoms with E-state index in [1.54, 1.807) is 24.4 Å². The number of aromatic nitrogens is 2. The Hall–Kier alpha value is -3.03. The van der Waals surface area contributed by atoms with E-state index in [4.69, 9.17) is 14.2 Å². The molecule has 0 unspecified atom stereocenters. The second-order valence-electron chi connectivity index (χ2n) is 5.32. The lowest BCUT2D eigenvalue weighted by molar-refractivity contribution is 0.0949. The Morgan fingerprint density at radius 1 is 1.12 bits per heavy atom. The summed E-state index contributed by atoms with van der Waals surface area (Å²) in [6.07, 6.45) is 1.66. The monoisotopic (exact) mass is 346 g/mol. The summed E-state index contributed by atoms with van der Waals surface area (Å²) < 4.78 is 15.8. The van der Waals surface area contributed by atoms with Gasteiger partial charge in [-0.2, -0.15) is 0 Å². The van der Waals surface area contributed by atoms with Crippen molar-refractivity contribution in [2.24, 2.45) is 0 Å². The molecule has 0 saturated heterocycles. The van der Waals surface area contributed by atoms with E-state index in [-0.39, 0.29) is 12.5 Å². The molecule has 0 fully saturated rings. The molecule has 0 spiro atoms. The Balaban J connectivity index is 2.17. The molecule has 0 aliphatic rings. The van der Waals surface area contributed by atoms with E-state index in [9.17, 15) is 4.79 Å². The maximum Gasteiger partial charge on any atom is 0.251 e. The van der Waals surface area contributed by atoms with E-state index in [1.807, 2.05) is 19.0 Å². The lowest BCUT2D eigenvalue weighted by Gasteiger charge is -2.14. The second-order valence-corrected chi connectivity index (χ2v) is 5.32. The van der Waals surface area contributed by atoms with Gasteiger partial charge in [0.05, 0.1) is 27.9 Å². The van der Waals surface area contributed by atoms with Gasteiger partial charge in [-0.3, -0.25) is 4.79 Å². The Morgan fingerprint density at radius 2 is 1.76 bits per heavy atom. The van der Waals surface area contributed by atoms with Gasteiger partial charge in [0.2, 0.25) is 5.75 Å². The number of methoxy groups -OCH3 is 3. The fourth-order valence-corrected chi connectivity index (χ4v) is 2.20. The van der Waals surface area contributed by atoms with E-state index in [0.717, 1.165) is 5.82 Å². The zero-order chi connectivity index (χ0) is 18.4. The quantitative estimate of drug-likeness (QED) is 0.813.